The summed E-state index contributed by atoms with van der Waals surface area (Å²) in [7, 11) is 3.18. The number of hydrogen-bond acceptors (Lipinski definition) is 2. The van der Waals surface area contributed by atoms with Crippen LogP contribution < -0.4 is 0 Å². The zero-order valence-electron chi connectivity index (χ0n) is 8.76. The van der Waals surface area contributed by atoms with Gasteiger partial charge in [-0.15, -0.1) is 0 Å². The molecule has 2 nitrogen and oxygen atoms in total. The van der Waals surface area contributed by atoms with Crippen LogP contribution in [-0.2, 0) is 22.7 Å². The third kappa shape index (κ3) is 2.30. The molecule has 0 atom stereocenters. The molecule has 1 rings (SSSR count). The van der Waals surface area contributed by atoms with E-state index in [0.29, 0.717) is 18.8 Å². The summed E-state index contributed by atoms with van der Waals surface area (Å²) in [6.45, 7) is 2.68. The second-order valence-corrected chi connectivity index (χ2v) is 3.18. The molecule has 0 aliphatic carbocycles. The smallest absolute Gasteiger partial charge is 0.129 e. The first-order valence-corrected chi connectivity index (χ1v) is 4.45. The van der Waals surface area contributed by atoms with Crippen LogP contribution in [0.15, 0.2) is 12.1 Å². The Morgan fingerprint density at radius 2 is 1.79 bits per heavy atom. The largest absolute Gasteiger partial charge is 0.380 e. The van der Waals surface area contributed by atoms with Gasteiger partial charge in [0.15, 0.2) is 0 Å². The summed E-state index contributed by atoms with van der Waals surface area (Å²) in [5, 5.41) is 0. The highest BCUT2D eigenvalue weighted by molar-refractivity contribution is 5.34. The highest BCUT2D eigenvalue weighted by atomic mass is 19.1. The highest BCUT2D eigenvalue weighted by Crippen LogP contribution is 2.19. The van der Waals surface area contributed by atoms with Crippen molar-refractivity contribution in [1.29, 1.82) is 0 Å². The fourth-order valence-corrected chi connectivity index (χ4v) is 1.41. The number of halogens is 1. The molecule has 0 saturated carbocycles. The van der Waals surface area contributed by atoms with Gasteiger partial charge in [0, 0.05) is 19.8 Å². The number of ether oxygens (including phenoxy) is 2. The van der Waals surface area contributed by atoms with Crippen molar-refractivity contribution < 1.29 is 13.9 Å². The minimum Gasteiger partial charge on any atom is -0.380 e. The lowest BCUT2D eigenvalue weighted by Crippen LogP contribution is -2.01. The van der Waals surface area contributed by atoms with E-state index in [1.54, 1.807) is 20.3 Å². The molecule has 3 heteroatoms. The van der Waals surface area contributed by atoms with Gasteiger partial charge in [-0.25, -0.2) is 4.39 Å². The first kappa shape index (κ1) is 11.1. The summed E-state index contributed by atoms with van der Waals surface area (Å²) >= 11 is 0. The van der Waals surface area contributed by atoms with Crippen molar-refractivity contribution >= 4 is 0 Å². The molecule has 0 aliphatic heterocycles. The minimum absolute atomic E-state index is 0.218. The zero-order chi connectivity index (χ0) is 10.6. The van der Waals surface area contributed by atoms with Crippen LogP contribution in [0.5, 0.6) is 0 Å². The van der Waals surface area contributed by atoms with Gasteiger partial charge >= 0.3 is 0 Å². The monoisotopic (exact) mass is 198 g/mol. The zero-order valence-corrected chi connectivity index (χ0v) is 8.76. The van der Waals surface area contributed by atoms with E-state index in [4.69, 9.17) is 9.47 Å². The molecule has 0 aromatic heterocycles. The third-order valence-electron chi connectivity index (χ3n) is 2.24. The molecule has 0 amide bonds. The van der Waals surface area contributed by atoms with E-state index in [0.717, 1.165) is 11.1 Å². The van der Waals surface area contributed by atoms with Crippen LogP contribution in [0.1, 0.15) is 16.7 Å². The second-order valence-electron chi connectivity index (χ2n) is 3.18. The maximum absolute atomic E-state index is 13.3. The molecule has 0 saturated heterocycles. The van der Waals surface area contributed by atoms with Gasteiger partial charge in [0.1, 0.15) is 5.82 Å². The molecule has 1 aromatic carbocycles. The fraction of sp³-hybridized carbons (Fsp3) is 0.455. The topological polar surface area (TPSA) is 18.5 Å². The molecular formula is C11H15FO2. The van der Waals surface area contributed by atoms with Crippen molar-refractivity contribution in [1.82, 2.24) is 0 Å². The van der Waals surface area contributed by atoms with Gasteiger partial charge < -0.3 is 9.47 Å². The normalized spacial score (nSPS) is 10.6. The molecule has 0 spiro atoms. The van der Waals surface area contributed by atoms with E-state index in [1.807, 2.05) is 6.92 Å². The molecule has 0 bridgehead atoms. The lowest BCUT2D eigenvalue weighted by atomic mass is 10.0. The van der Waals surface area contributed by atoms with Gasteiger partial charge in [-0.05, 0) is 24.1 Å². The first-order chi connectivity index (χ1) is 6.70. The van der Waals surface area contributed by atoms with E-state index < -0.39 is 0 Å². The Morgan fingerprint density at radius 1 is 1.14 bits per heavy atom. The highest BCUT2D eigenvalue weighted by Gasteiger charge is 2.09. The summed E-state index contributed by atoms with van der Waals surface area (Å²) in [5.41, 5.74) is 2.52. The molecule has 0 unspecified atom stereocenters. The molecule has 0 radical (unpaired) electrons. The summed E-state index contributed by atoms with van der Waals surface area (Å²) in [6.07, 6.45) is 0. The Labute approximate surface area is 83.6 Å². The van der Waals surface area contributed by atoms with E-state index in [9.17, 15) is 4.39 Å². The molecule has 0 aliphatic rings. The van der Waals surface area contributed by atoms with Crippen molar-refractivity contribution in [2.75, 3.05) is 14.2 Å². The van der Waals surface area contributed by atoms with Crippen molar-refractivity contribution in [3.05, 3.63) is 34.6 Å². The maximum atomic E-state index is 13.3. The van der Waals surface area contributed by atoms with E-state index in [2.05, 4.69) is 0 Å². The summed E-state index contributed by atoms with van der Waals surface area (Å²) in [6, 6.07) is 3.20. The van der Waals surface area contributed by atoms with Gasteiger partial charge in [0.05, 0.1) is 13.2 Å². The molecule has 14 heavy (non-hydrogen) atoms. The van der Waals surface area contributed by atoms with Crippen LogP contribution in [0.4, 0.5) is 4.39 Å². The van der Waals surface area contributed by atoms with Gasteiger partial charge in [-0.3, -0.25) is 0 Å². The van der Waals surface area contributed by atoms with Crippen LogP contribution in [0.25, 0.3) is 0 Å². The summed E-state index contributed by atoms with van der Waals surface area (Å²) in [4.78, 5) is 0. The fourth-order valence-electron chi connectivity index (χ4n) is 1.41. The van der Waals surface area contributed by atoms with Crippen LogP contribution in [-0.4, -0.2) is 14.2 Å². The van der Waals surface area contributed by atoms with Gasteiger partial charge in [0.25, 0.3) is 0 Å². The molecular weight excluding hydrogens is 183 g/mol. The summed E-state index contributed by atoms with van der Waals surface area (Å²) < 4.78 is 23.3. The minimum atomic E-state index is -0.218. The molecule has 0 N–H and O–H groups in total. The first-order valence-electron chi connectivity index (χ1n) is 4.45. The quantitative estimate of drug-likeness (QED) is 0.739. The predicted octanol–water partition coefficient (Wildman–Crippen LogP) is 2.43. The number of methoxy groups -OCH3 is 2. The van der Waals surface area contributed by atoms with E-state index in [1.165, 1.54) is 6.07 Å². The van der Waals surface area contributed by atoms with Crippen LogP contribution >= 0.6 is 0 Å². The Kier molecular flexibility index (Phi) is 4.04. The lowest BCUT2D eigenvalue weighted by Gasteiger charge is -2.11. The Morgan fingerprint density at radius 3 is 2.36 bits per heavy atom. The predicted molar refractivity (Wildman–Crippen MR) is 52.6 cm³/mol. The average Bonchev–Trinajstić information content (AvgIpc) is 2.17. The second kappa shape index (κ2) is 5.08. The summed E-state index contributed by atoms with van der Waals surface area (Å²) in [5.74, 6) is -0.218. The standard InChI is InChI=1S/C11H15FO2/c1-8-9(6-13-2)4-5-11(12)10(8)7-14-3/h4-5H,6-7H2,1-3H3. The van der Waals surface area contributed by atoms with Crippen LogP contribution in [0.3, 0.4) is 0 Å². The molecule has 0 fully saturated rings. The van der Waals surface area contributed by atoms with Crippen LogP contribution in [0, 0.1) is 12.7 Å². The Balaban J connectivity index is 3.05. The van der Waals surface area contributed by atoms with Crippen LogP contribution in [0.2, 0.25) is 0 Å². The molecule has 1 aromatic rings. The number of rotatable bonds is 4. The van der Waals surface area contributed by atoms with Crippen molar-refractivity contribution in [2.24, 2.45) is 0 Å². The van der Waals surface area contributed by atoms with Gasteiger partial charge in [-0.1, -0.05) is 6.07 Å². The SMILES string of the molecule is COCc1ccc(F)c(COC)c1C. The Hall–Kier alpha value is -0.930. The lowest BCUT2D eigenvalue weighted by molar-refractivity contribution is 0.176. The van der Waals surface area contributed by atoms with E-state index in [-0.39, 0.29) is 5.82 Å². The van der Waals surface area contributed by atoms with Gasteiger partial charge in [0.2, 0.25) is 0 Å². The number of hydrogen-bond donors (Lipinski definition) is 0. The van der Waals surface area contributed by atoms with Crippen molar-refractivity contribution in [2.45, 2.75) is 20.1 Å². The number of benzene rings is 1. The van der Waals surface area contributed by atoms with Crippen molar-refractivity contribution in [3.8, 4) is 0 Å². The van der Waals surface area contributed by atoms with E-state index >= 15 is 0 Å². The average molecular weight is 198 g/mol. The molecule has 0 heterocycles. The maximum Gasteiger partial charge on any atom is 0.129 e. The molecule has 78 valence electrons. The third-order valence-corrected chi connectivity index (χ3v) is 2.24. The Bertz CT molecular complexity index is 310. The van der Waals surface area contributed by atoms with Crippen molar-refractivity contribution in [3.63, 3.8) is 0 Å². The van der Waals surface area contributed by atoms with Gasteiger partial charge in [-0.2, -0.15) is 0 Å².